The first kappa shape index (κ1) is 21.5. The third-order valence-electron chi connectivity index (χ3n) is 5.46. The van der Waals surface area contributed by atoms with E-state index in [0.717, 1.165) is 5.69 Å². The highest BCUT2D eigenvalue weighted by Gasteiger charge is 2.36. The quantitative estimate of drug-likeness (QED) is 0.616. The fourth-order valence-corrected chi connectivity index (χ4v) is 5.54. The number of rotatable bonds is 4. The Bertz CT molecular complexity index is 1160. The number of halogens is 1. The summed E-state index contributed by atoms with van der Waals surface area (Å²) in [6.07, 6.45) is 1.61. The van der Waals surface area contributed by atoms with Gasteiger partial charge in [0, 0.05) is 31.6 Å². The first-order valence-electron chi connectivity index (χ1n) is 10.3. The van der Waals surface area contributed by atoms with E-state index in [1.807, 2.05) is 56.0 Å². The van der Waals surface area contributed by atoms with E-state index in [4.69, 9.17) is 0 Å². The average Bonchev–Trinajstić information content (AvgIpc) is 3.22. The Hall–Kier alpha value is -2.71. The summed E-state index contributed by atoms with van der Waals surface area (Å²) in [5.74, 6) is -0.294. The molecule has 0 N–H and O–H groups in total. The molecule has 1 aromatic heterocycles. The lowest BCUT2D eigenvalue weighted by Gasteiger charge is -2.35. The molecule has 0 bridgehead atoms. The summed E-state index contributed by atoms with van der Waals surface area (Å²) in [5.41, 5.74) is 1.40. The molecule has 31 heavy (non-hydrogen) atoms. The van der Waals surface area contributed by atoms with Crippen LogP contribution in [0.4, 0.5) is 10.1 Å². The molecule has 0 saturated carbocycles. The van der Waals surface area contributed by atoms with E-state index in [2.05, 4.69) is 5.10 Å². The molecule has 2 aromatic carbocycles. The van der Waals surface area contributed by atoms with Gasteiger partial charge in [-0.2, -0.15) is 9.40 Å². The van der Waals surface area contributed by atoms with Crippen molar-refractivity contribution in [3.05, 3.63) is 72.3 Å². The molecule has 1 aliphatic rings. The van der Waals surface area contributed by atoms with E-state index in [-0.39, 0.29) is 23.8 Å². The number of hydrogen-bond acceptors (Lipinski definition) is 4. The molecule has 0 amide bonds. The van der Waals surface area contributed by atoms with Crippen molar-refractivity contribution in [2.24, 2.45) is 0 Å². The van der Waals surface area contributed by atoms with Crippen molar-refractivity contribution in [1.29, 1.82) is 0 Å². The molecule has 164 valence electrons. The summed E-state index contributed by atoms with van der Waals surface area (Å²) in [5, 5.41) is 4.64. The van der Waals surface area contributed by atoms with E-state index in [1.54, 1.807) is 29.1 Å². The zero-order valence-corrected chi connectivity index (χ0v) is 18.8. The number of aromatic nitrogens is 2. The zero-order chi connectivity index (χ0) is 22.2. The lowest BCUT2D eigenvalue weighted by atomic mass is 9.92. The van der Waals surface area contributed by atoms with Gasteiger partial charge in [0.2, 0.25) is 10.0 Å². The Morgan fingerprint density at radius 3 is 2.13 bits per heavy atom. The zero-order valence-electron chi connectivity index (χ0n) is 18.0. The Kier molecular flexibility index (Phi) is 5.61. The van der Waals surface area contributed by atoms with Crippen LogP contribution in [-0.2, 0) is 15.4 Å². The summed E-state index contributed by atoms with van der Waals surface area (Å²) in [4.78, 5) is 2.11. The van der Waals surface area contributed by atoms with Crippen LogP contribution >= 0.6 is 0 Å². The van der Waals surface area contributed by atoms with Gasteiger partial charge in [-0.3, -0.25) is 0 Å². The van der Waals surface area contributed by atoms with Crippen molar-refractivity contribution in [3.8, 4) is 5.69 Å². The van der Waals surface area contributed by atoms with Crippen LogP contribution in [0.25, 0.3) is 5.69 Å². The third kappa shape index (κ3) is 4.22. The maximum absolute atomic E-state index is 14.1. The second kappa shape index (κ2) is 8.09. The van der Waals surface area contributed by atoms with Crippen molar-refractivity contribution in [3.63, 3.8) is 0 Å². The predicted octanol–water partition coefficient (Wildman–Crippen LogP) is 3.82. The van der Waals surface area contributed by atoms with Crippen molar-refractivity contribution >= 4 is 15.7 Å². The maximum atomic E-state index is 14.1. The van der Waals surface area contributed by atoms with Gasteiger partial charge in [0.1, 0.15) is 10.7 Å². The molecular weight excluding hydrogens is 415 g/mol. The van der Waals surface area contributed by atoms with E-state index < -0.39 is 15.4 Å². The highest BCUT2D eigenvalue weighted by Crippen LogP contribution is 2.31. The highest BCUT2D eigenvalue weighted by atomic mass is 32.2. The lowest BCUT2D eigenvalue weighted by molar-refractivity contribution is 0.381. The van der Waals surface area contributed by atoms with Crippen molar-refractivity contribution < 1.29 is 12.8 Å². The second-order valence-electron chi connectivity index (χ2n) is 8.71. The standard InChI is InChI=1S/C23H27FN4O2S/c1-23(2,3)22-21(17-28(25-22)18-9-5-4-6-10-18)31(29,30)27-15-13-26(14-16-27)20-12-8-7-11-19(20)24/h4-12,17H,13-16H2,1-3H3. The van der Waals surface area contributed by atoms with Gasteiger partial charge in [-0.1, -0.05) is 51.1 Å². The minimum atomic E-state index is -3.75. The molecule has 6 nitrogen and oxygen atoms in total. The summed E-state index contributed by atoms with van der Waals surface area (Å²) in [6.45, 7) is 7.31. The maximum Gasteiger partial charge on any atom is 0.246 e. The lowest BCUT2D eigenvalue weighted by Crippen LogP contribution is -2.49. The minimum absolute atomic E-state index is 0.225. The minimum Gasteiger partial charge on any atom is -0.367 e. The summed E-state index contributed by atoms with van der Waals surface area (Å²) in [6, 6.07) is 16.1. The predicted molar refractivity (Wildman–Crippen MR) is 120 cm³/mol. The van der Waals surface area contributed by atoms with Gasteiger partial charge >= 0.3 is 0 Å². The molecule has 8 heteroatoms. The summed E-state index contributed by atoms with van der Waals surface area (Å²) in [7, 11) is -3.75. The molecule has 0 spiro atoms. The van der Waals surface area contributed by atoms with Crippen LogP contribution in [0.15, 0.2) is 65.7 Å². The number of anilines is 1. The number of hydrogen-bond donors (Lipinski definition) is 0. The van der Waals surface area contributed by atoms with Crippen molar-refractivity contribution in [1.82, 2.24) is 14.1 Å². The van der Waals surface area contributed by atoms with Crippen LogP contribution in [-0.4, -0.2) is 48.7 Å². The van der Waals surface area contributed by atoms with Gasteiger partial charge in [-0.25, -0.2) is 17.5 Å². The van der Waals surface area contributed by atoms with Gasteiger partial charge in [0.05, 0.1) is 23.3 Å². The Morgan fingerprint density at radius 1 is 0.903 bits per heavy atom. The molecule has 0 aliphatic carbocycles. The normalized spacial score (nSPS) is 15.9. The largest absolute Gasteiger partial charge is 0.367 e. The van der Waals surface area contributed by atoms with E-state index in [1.165, 1.54) is 10.4 Å². The molecule has 1 fully saturated rings. The fraction of sp³-hybridized carbons (Fsp3) is 0.348. The fourth-order valence-electron chi connectivity index (χ4n) is 3.80. The van der Waals surface area contributed by atoms with Crippen LogP contribution in [0.3, 0.4) is 0 Å². The van der Waals surface area contributed by atoms with Gasteiger partial charge in [-0.05, 0) is 24.3 Å². The van der Waals surface area contributed by atoms with Crippen LogP contribution in [0.5, 0.6) is 0 Å². The first-order valence-corrected chi connectivity index (χ1v) is 11.8. The Labute approximate surface area is 183 Å². The number of piperazine rings is 1. The molecule has 1 aliphatic heterocycles. The molecule has 0 unspecified atom stereocenters. The molecule has 1 saturated heterocycles. The number of para-hydroxylation sites is 2. The van der Waals surface area contributed by atoms with Crippen molar-refractivity contribution in [2.45, 2.75) is 31.1 Å². The molecule has 4 rings (SSSR count). The van der Waals surface area contributed by atoms with Crippen LogP contribution in [0.1, 0.15) is 26.5 Å². The number of nitrogens with zero attached hydrogens (tertiary/aromatic N) is 4. The SMILES string of the molecule is CC(C)(C)c1nn(-c2ccccc2)cc1S(=O)(=O)N1CCN(c2ccccc2F)CC1. The monoisotopic (exact) mass is 442 g/mol. The average molecular weight is 443 g/mol. The van der Waals surface area contributed by atoms with Gasteiger partial charge in [-0.15, -0.1) is 0 Å². The summed E-state index contributed by atoms with van der Waals surface area (Å²) >= 11 is 0. The summed E-state index contributed by atoms with van der Waals surface area (Å²) < 4.78 is 44.4. The van der Waals surface area contributed by atoms with Crippen LogP contribution < -0.4 is 4.90 Å². The van der Waals surface area contributed by atoms with Gasteiger partial charge in [0.15, 0.2) is 0 Å². The molecular formula is C23H27FN4O2S. The van der Waals surface area contributed by atoms with Gasteiger partial charge in [0.25, 0.3) is 0 Å². The third-order valence-corrected chi connectivity index (χ3v) is 7.36. The second-order valence-corrected chi connectivity index (χ2v) is 10.6. The van der Waals surface area contributed by atoms with E-state index in [0.29, 0.717) is 24.5 Å². The first-order chi connectivity index (χ1) is 14.7. The molecule has 0 radical (unpaired) electrons. The van der Waals surface area contributed by atoms with Crippen LogP contribution in [0, 0.1) is 5.82 Å². The number of sulfonamides is 1. The van der Waals surface area contributed by atoms with Crippen LogP contribution in [0.2, 0.25) is 0 Å². The van der Waals surface area contributed by atoms with Crippen molar-refractivity contribution in [2.75, 3.05) is 31.1 Å². The molecule has 2 heterocycles. The Morgan fingerprint density at radius 2 is 1.52 bits per heavy atom. The number of benzene rings is 2. The Balaban J connectivity index is 1.63. The highest BCUT2D eigenvalue weighted by molar-refractivity contribution is 7.89. The topological polar surface area (TPSA) is 58.4 Å². The molecule has 0 atom stereocenters. The smallest absolute Gasteiger partial charge is 0.246 e. The van der Waals surface area contributed by atoms with E-state index in [9.17, 15) is 12.8 Å². The van der Waals surface area contributed by atoms with Gasteiger partial charge < -0.3 is 4.90 Å². The molecule has 3 aromatic rings. The van der Waals surface area contributed by atoms with E-state index >= 15 is 0 Å².